The van der Waals surface area contributed by atoms with Crippen molar-refractivity contribution in [1.82, 2.24) is 0 Å². The molecule has 1 rings (SSSR count). The van der Waals surface area contributed by atoms with Crippen LogP contribution in [0, 0.1) is 0 Å². The Balaban J connectivity index is 2.45. The Hall–Kier alpha value is -0.560. The maximum atomic E-state index is 11.2. The first kappa shape index (κ1) is 9.53. The fourth-order valence-corrected chi connectivity index (χ4v) is 1.65. The first-order valence-corrected chi connectivity index (χ1v) is 4.67. The highest BCUT2D eigenvalue weighted by atomic mass is 35.5. The van der Waals surface area contributed by atoms with Gasteiger partial charge in [0.1, 0.15) is 0 Å². The molecule has 1 aliphatic carbocycles. The minimum atomic E-state index is -0.0247. The molecule has 2 heteroatoms. The molecule has 1 atom stereocenters. The highest BCUT2D eigenvalue weighted by Crippen LogP contribution is 2.21. The second-order valence-corrected chi connectivity index (χ2v) is 3.50. The molecule has 1 nitrogen and oxygen atoms in total. The van der Waals surface area contributed by atoms with E-state index >= 15 is 0 Å². The fourth-order valence-electron chi connectivity index (χ4n) is 1.34. The van der Waals surface area contributed by atoms with Crippen molar-refractivity contribution in [3.05, 3.63) is 23.8 Å². The average Bonchev–Trinajstić information content (AvgIpc) is 2.37. The van der Waals surface area contributed by atoms with E-state index < -0.39 is 0 Å². The molecule has 0 radical (unpaired) electrons. The van der Waals surface area contributed by atoms with Gasteiger partial charge in [0.2, 0.25) is 0 Å². The second kappa shape index (κ2) is 4.46. The first-order valence-electron chi connectivity index (χ1n) is 4.23. The van der Waals surface area contributed by atoms with Gasteiger partial charge in [0.25, 0.3) is 0 Å². The number of allylic oxidation sites excluding steroid dienone is 4. The number of rotatable bonds is 3. The van der Waals surface area contributed by atoms with Crippen molar-refractivity contribution in [3.8, 4) is 0 Å². The third-order valence-electron chi connectivity index (χ3n) is 1.94. The van der Waals surface area contributed by atoms with Gasteiger partial charge in [-0.3, -0.25) is 4.79 Å². The molecule has 0 bridgehead atoms. The molecule has 0 aromatic heterocycles. The number of Topliss-reactive ketones (excluding diaryl/α,β-unsaturated/α-hetero) is 1. The Labute approximate surface area is 78.1 Å². The summed E-state index contributed by atoms with van der Waals surface area (Å²) < 4.78 is 0. The van der Waals surface area contributed by atoms with E-state index in [0.717, 1.165) is 12.0 Å². The van der Waals surface area contributed by atoms with Crippen molar-refractivity contribution in [3.63, 3.8) is 0 Å². The number of alkyl halides is 1. The van der Waals surface area contributed by atoms with Crippen molar-refractivity contribution >= 4 is 17.4 Å². The van der Waals surface area contributed by atoms with Gasteiger partial charge in [-0.15, -0.1) is 11.6 Å². The van der Waals surface area contributed by atoms with Crippen LogP contribution in [-0.2, 0) is 4.79 Å². The standard InChI is InChI=1S/C10H13ClO/c1-2-4-9(11)7-8-5-3-6-10(8)12/h2,4-5,9H,3,6-7H2,1H3/b4-2+. The van der Waals surface area contributed by atoms with E-state index in [1.807, 2.05) is 25.2 Å². The Kier molecular flexibility index (Phi) is 3.54. The predicted molar refractivity (Wildman–Crippen MR) is 51.4 cm³/mol. The molecule has 12 heavy (non-hydrogen) atoms. The Morgan fingerprint density at radius 3 is 3.00 bits per heavy atom. The van der Waals surface area contributed by atoms with Gasteiger partial charge in [-0.1, -0.05) is 18.2 Å². The molecule has 0 saturated carbocycles. The van der Waals surface area contributed by atoms with E-state index in [1.54, 1.807) is 0 Å². The normalized spacial score (nSPS) is 20.2. The molecule has 0 spiro atoms. The minimum absolute atomic E-state index is 0.0247. The van der Waals surface area contributed by atoms with E-state index in [9.17, 15) is 4.79 Å². The second-order valence-electron chi connectivity index (χ2n) is 2.94. The van der Waals surface area contributed by atoms with E-state index in [4.69, 9.17) is 11.6 Å². The molecule has 0 N–H and O–H groups in total. The smallest absolute Gasteiger partial charge is 0.158 e. The van der Waals surface area contributed by atoms with Crippen molar-refractivity contribution < 1.29 is 4.79 Å². The van der Waals surface area contributed by atoms with Gasteiger partial charge in [0.15, 0.2) is 5.78 Å². The summed E-state index contributed by atoms with van der Waals surface area (Å²) in [7, 11) is 0. The molecule has 66 valence electrons. The maximum Gasteiger partial charge on any atom is 0.158 e. The summed E-state index contributed by atoms with van der Waals surface area (Å²) in [6.45, 7) is 1.93. The summed E-state index contributed by atoms with van der Waals surface area (Å²) in [5, 5.41) is -0.0247. The molecule has 0 aliphatic heterocycles. The maximum absolute atomic E-state index is 11.2. The summed E-state index contributed by atoms with van der Waals surface area (Å²) >= 11 is 5.95. The molecule has 0 heterocycles. The van der Waals surface area contributed by atoms with Gasteiger partial charge in [-0.25, -0.2) is 0 Å². The van der Waals surface area contributed by atoms with Crippen LogP contribution in [0.25, 0.3) is 0 Å². The molecule has 1 unspecified atom stereocenters. The summed E-state index contributed by atoms with van der Waals surface area (Å²) in [5.41, 5.74) is 0.910. The van der Waals surface area contributed by atoms with Gasteiger partial charge in [-0.05, 0) is 25.3 Å². The Morgan fingerprint density at radius 2 is 2.50 bits per heavy atom. The molecule has 0 fully saturated rings. The quantitative estimate of drug-likeness (QED) is 0.487. The zero-order valence-corrected chi connectivity index (χ0v) is 7.97. The van der Waals surface area contributed by atoms with Gasteiger partial charge < -0.3 is 0 Å². The lowest BCUT2D eigenvalue weighted by molar-refractivity contribution is -0.115. The van der Waals surface area contributed by atoms with Crippen molar-refractivity contribution in [2.24, 2.45) is 0 Å². The van der Waals surface area contributed by atoms with Crippen LogP contribution >= 0.6 is 11.6 Å². The van der Waals surface area contributed by atoms with Crippen molar-refractivity contribution in [2.45, 2.75) is 31.6 Å². The van der Waals surface area contributed by atoms with Gasteiger partial charge >= 0.3 is 0 Å². The first-order chi connectivity index (χ1) is 5.74. The van der Waals surface area contributed by atoms with E-state index in [-0.39, 0.29) is 11.2 Å². The lowest BCUT2D eigenvalue weighted by atomic mass is 10.1. The lowest BCUT2D eigenvalue weighted by Crippen LogP contribution is -2.02. The highest BCUT2D eigenvalue weighted by Gasteiger charge is 2.16. The zero-order chi connectivity index (χ0) is 8.97. The topological polar surface area (TPSA) is 17.1 Å². The summed E-state index contributed by atoms with van der Waals surface area (Å²) in [6, 6.07) is 0. The van der Waals surface area contributed by atoms with Crippen molar-refractivity contribution in [1.29, 1.82) is 0 Å². The van der Waals surface area contributed by atoms with Crippen LogP contribution in [0.15, 0.2) is 23.8 Å². The molecule has 0 aromatic rings. The van der Waals surface area contributed by atoms with Gasteiger partial charge in [0.05, 0.1) is 5.38 Å². The summed E-state index contributed by atoms with van der Waals surface area (Å²) in [4.78, 5) is 11.2. The van der Waals surface area contributed by atoms with E-state index in [0.29, 0.717) is 12.8 Å². The molecular formula is C10H13ClO. The van der Waals surface area contributed by atoms with Crippen LogP contribution in [0.5, 0.6) is 0 Å². The predicted octanol–water partition coefficient (Wildman–Crippen LogP) is 2.85. The number of hydrogen-bond acceptors (Lipinski definition) is 1. The fraction of sp³-hybridized carbons (Fsp3) is 0.500. The molecular weight excluding hydrogens is 172 g/mol. The van der Waals surface area contributed by atoms with Gasteiger partial charge in [0, 0.05) is 6.42 Å². The molecule has 0 saturated heterocycles. The molecule has 0 amide bonds. The third-order valence-corrected chi connectivity index (χ3v) is 2.24. The van der Waals surface area contributed by atoms with Crippen LogP contribution in [0.1, 0.15) is 26.2 Å². The van der Waals surface area contributed by atoms with Gasteiger partial charge in [-0.2, -0.15) is 0 Å². The summed E-state index contributed by atoms with van der Waals surface area (Å²) in [6.07, 6.45) is 8.08. The third kappa shape index (κ3) is 2.49. The molecule has 0 aromatic carbocycles. The number of carbonyl (C=O) groups excluding carboxylic acids is 1. The largest absolute Gasteiger partial charge is 0.295 e. The Bertz CT molecular complexity index is 228. The lowest BCUT2D eigenvalue weighted by Gasteiger charge is -2.02. The molecule has 1 aliphatic rings. The highest BCUT2D eigenvalue weighted by molar-refractivity contribution is 6.22. The number of carbonyl (C=O) groups is 1. The minimum Gasteiger partial charge on any atom is -0.295 e. The number of halogens is 1. The number of hydrogen-bond donors (Lipinski definition) is 0. The monoisotopic (exact) mass is 184 g/mol. The zero-order valence-electron chi connectivity index (χ0n) is 7.22. The summed E-state index contributed by atoms with van der Waals surface area (Å²) in [5.74, 6) is 0.269. The van der Waals surface area contributed by atoms with E-state index in [1.165, 1.54) is 0 Å². The van der Waals surface area contributed by atoms with E-state index in [2.05, 4.69) is 0 Å². The van der Waals surface area contributed by atoms with Crippen LogP contribution in [-0.4, -0.2) is 11.2 Å². The van der Waals surface area contributed by atoms with Crippen LogP contribution in [0.2, 0.25) is 0 Å². The number of ketones is 1. The van der Waals surface area contributed by atoms with Crippen molar-refractivity contribution in [2.75, 3.05) is 0 Å². The van der Waals surface area contributed by atoms with Crippen LogP contribution in [0.4, 0.5) is 0 Å². The average molecular weight is 185 g/mol. The van der Waals surface area contributed by atoms with Crippen LogP contribution in [0.3, 0.4) is 0 Å². The SMILES string of the molecule is C/C=C/C(Cl)CC1=CCCC1=O. The van der Waals surface area contributed by atoms with Crippen LogP contribution < -0.4 is 0 Å². The Morgan fingerprint density at radius 1 is 1.75 bits per heavy atom.